The van der Waals surface area contributed by atoms with E-state index in [9.17, 15) is 4.79 Å². The zero-order chi connectivity index (χ0) is 16.7. The van der Waals surface area contributed by atoms with Gasteiger partial charge in [-0.15, -0.1) is 0 Å². The summed E-state index contributed by atoms with van der Waals surface area (Å²) in [6, 6.07) is 7.53. The zero-order valence-corrected chi connectivity index (χ0v) is 13.4. The summed E-state index contributed by atoms with van der Waals surface area (Å²) in [5, 5.41) is 0. The normalized spacial score (nSPS) is 17.6. The number of para-hydroxylation sites is 2. The van der Waals surface area contributed by atoms with Gasteiger partial charge in [-0.25, -0.2) is 14.8 Å². The van der Waals surface area contributed by atoms with Gasteiger partial charge in [0.25, 0.3) is 0 Å². The van der Waals surface area contributed by atoms with Crippen LogP contribution in [0.2, 0.25) is 0 Å². The fraction of sp³-hybridized carbons (Fsp3) is 0.353. The molecule has 1 saturated heterocycles. The van der Waals surface area contributed by atoms with E-state index in [0.717, 1.165) is 25.0 Å². The van der Waals surface area contributed by atoms with Crippen LogP contribution in [0.3, 0.4) is 0 Å². The monoisotopic (exact) mass is 326 g/mol. The van der Waals surface area contributed by atoms with E-state index in [2.05, 4.69) is 9.97 Å². The number of aromatic nitrogens is 3. The fourth-order valence-electron chi connectivity index (χ4n) is 3.20. The van der Waals surface area contributed by atoms with Gasteiger partial charge in [0.2, 0.25) is 0 Å². The summed E-state index contributed by atoms with van der Waals surface area (Å²) in [4.78, 5) is 21.5. The molecule has 2 N–H and O–H groups in total. The van der Waals surface area contributed by atoms with Crippen LogP contribution in [0, 0.1) is 0 Å². The second-order valence-electron chi connectivity index (χ2n) is 5.88. The molecule has 124 valence electrons. The van der Waals surface area contributed by atoms with Crippen molar-refractivity contribution in [3.8, 4) is 0 Å². The Bertz CT molecular complexity index is 928. The Morgan fingerprint density at radius 2 is 2.12 bits per heavy atom. The minimum absolute atomic E-state index is 0.0710. The number of fused-ring (bicyclic) bond motifs is 2. The first-order chi connectivity index (χ1) is 11.7. The van der Waals surface area contributed by atoms with Crippen LogP contribution in [0.25, 0.3) is 22.2 Å². The van der Waals surface area contributed by atoms with E-state index in [0.29, 0.717) is 29.0 Å². The van der Waals surface area contributed by atoms with Crippen LogP contribution in [-0.4, -0.2) is 40.3 Å². The first kappa shape index (κ1) is 14.9. The van der Waals surface area contributed by atoms with Gasteiger partial charge in [0.15, 0.2) is 5.65 Å². The van der Waals surface area contributed by atoms with E-state index < -0.39 is 5.97 Å². The number of benzene rings is 1. The summed E-state index contributed by atoms with van der Waals surface area (Å²) in [5.41, 5.74) is 9.05. The number of ether oxygens (including phenoxy) is 2. The first-order valence-corrected chi connectivity index (χ1v) is 7.93. The van der Waals surface area contributed by atoms with Crippen molar-refractivity contribution in [1.82, 2.24) is 14.5 Å². The molecule has 0 radical (unpaired) electrons. The number of nitrogens with zero attached hydrogens (tertiary/aromatic N) is 3. The quantitative estimate of drug-likeness (QED) is 0.741. The first-order valence-electron chi connectivity index (χ1n) is 7.93. The third-order valence-electron chi connectivity index (χ3n) is 4.39. The number of methoxy groups -OCH3 is 1. The lowest BCUT2D eigenvalue weighted by Crippen LogP contribution is -2.17. The van der Waals surface area contributed by atoms with Crippen LogP contribution in [0.15, 0.2) is 24.3 Å². The zero-order valence-electron chi connectivity index (χ0n) is 13.4. The molecule has 7 nitrogen and oxygen atoms in total. The molecule has 0 aliphatic carbocycles. The van der Waals surface area contributed by atoms with Gasteiger partial charge in [-0.05, 0) is 25.0 Å². The molecule has 1 atom stereocenters. The third kappa shape index (κ3) is 2.28. The number of esters is 1. The molecule has 0 amide bonds. The molecule has 4 rings (SSSR count). The lowest BCUT2D eigenvalue weighted by atomic mass is 10.2. The molecule has 2 aromatic heterocycles. The van der Waals surface area contributed by atoms with E-state index >= 15 is 0 Å². The maximum Gasteiger partial charge on any atom is 0.343 e. The summed E-state index contributed by atoms with van der Waals surface area (Å²) in [6.07, 6.45) is 2.07. The lowest BCUT2D eigenvalue weighted by Gasteiger charge is -2.13. The van der Waals surface area contributed by atoms with Crippen LogP contribution in [0.5, 0.6) is 0 Å². The van der Waals surface area contributed by atoms with Gasteiger partial charge < -0.3 is 19.8 Å². The summed E-state index contributed by atoms with van der Waals surface area (Å²) < 4.78 is 12.4. The van der Waals surface area contributed by atoms with Crippen molar-refractivity contribution in [3.63, 3.8) is 0 Å². The van der Waals surface area contributed by atoms with Gasteiger partial charge in [0.1, 0.15) is 16.9 Å². The highest BCUT2D eigenvalue weighted by atomic mass is 16.5. The van der Waals surface area contributed by atoms with Gasteiger partial charge in [-0.3, -0.25) is 0 Å². The number of carbonyl (C=O) groups is 1. The van der Waals surface area contributed by atoms with Crippen LogP contribution >= 0.6 is 0 Å². The van der Waals surface area contributed by atoms with Gasteiger partial charge in [0.05, 0.1) is 30.8 Å². The van der Waals surface area contributed by atoms with E-state index in [1.807, 2.05) is 28.8 Å². The molecule has 1 aliphatic rings. The Labute approximate surface area is 138 Å². The van der Waals surface area contributed by atoms with Gasteiger partial charge in [0, 0.05) is 6.61 Å². The highest BCUT2D eigenvalue weighted by Crippen LogP contribution is 2.29. The number of carbonyl (C=O) groups excluding carboxylic acids is 1. The van der Waals surface area contributed by atoms with Gasteiger partial charge in [-0.2, -0.15) is 0 Å². The predicted molar refractivity (Wildman–Crippen MR) is 89.8 cm³/mol. The summed E-state index contributed by atoms with van der Waals surface area (Å²) >= 11 is 0. The Balaban J connectivity index is 1.96. The third-order valence-corrected chi connectivity index (χ3v) is 4.39. The lowest BCUT2D eigenvalue weighted by molar-refractivity contribution is 0.0603. The Kier molecular flexibility index (Phi) is 3.57. The molecule has 0 spiro atoms. The second kappa shape index (κ2) is 5.76. The fourth-order valence-corrected chi connectivity index (χ4v) is 3.20. The maximum atomic E-state index is 12.2. The van der Waals surface area contributed by atoms with Gasteiger partial charge >= 0.3 is 5.97 Å². The van der Waals surface area contributed by atoms with Crippen LogP contribution in [-0.2, 0) is 16.0 Å². The molecule has 0 bridgehead atoms. The van der Waals surface area contributed by atoms with E-state index in [1.165, 1.54) is 7.11 Å². The average Bonchev–Trinajstić information content (AvgIpc) is 3.20. The Morgan fingerprint density at radius 3 is 2.79 bits per heavy atom. The topological polar surface area (TPSA) is 92.3 Å². The smallest absolute Gasteiger partial charge is 0.343 e. The number of nitrogen functional groups attached to an aromatic ring is 1. The molecule has 3 heterocycles. The molecule has 1 aliphatic heterocycles. The molecular formula is C17H18N4O3. The number of nitrogens with two attached hydrogens (primary N) is 1. The van der Waals surface area contributed by atoms with E-state index in [1.54, 1.807) is 0 Å². The Hall–Kier alpha value is -2.67. The maximum absolute atomic E-state index is 12.2. The molecular weight excluding hydrogens is 308 g/mol. The van der Waals surface area contributed by atoms with E-state index in [4.69, 9.17) is 15.2 Å². The molecule has 1 aromatic carbocycles. The van der Waals surface area contributed by atoms with E-state index in [-0.39, 0.29) is 11.7 Å². The highest BCUT2D eigenvalue weighted by molar-refractivity contribution is 6.08. The van der Waals surface area contributed by atoms with Crippen molar-refractivity contribution < 1.29 is 14.3 Å². The molecule has 1 unspecified atom stereocenters. The van der Waals surface area contributed by atoms with Crippen molar-refractivity contribution in [2.24, 2.45) is 0 Å². The van der Waals surface area contributed by atoms with Gasteiger partial charge in [-0.1, -0.05) is 12.1 Å². The predicted octanol–water partition coefficient (Wildman–Crippen LogP) is 2.13. The van der Waals surface area contributed by atoms with Crippen LogP contribution < -0.4 is 5.73 Å². The van der Waals surface area contributed by atoms with Crippen molar-refractivity contribution in [2.75, 3.05) is 19.5 Å². The number of hydrogen-bond donors (Lipinski definition) is 1. The summed E-state index contributed by atoms with van der Waals surface area (Å²) in [5.74, 6) is -0.184. The number of anilines is 1. The molecule has 1 fully saturated rings. The largest absolute Gasteiger partial charge is 0.465 e. The minimum Gasteiger partial charge on any atom is -0.465 e. The summed E-state index contributed by atoms with van der Waals surface area (Å²) in [7, 11) is 1.33. The van der Waals surface area contributed by atoms with Crippen molar-refractivity contribution in [3.05, 3.63) is 29.8 Å². The minimum atomic E-state index is -0.506. The number of hydrogen-bond acceptors (Lipinski definition) is 6. The van der Waals surface area contributed by atoms with Crippen LogP contribution in [0.1, 0.15) is 23.2 Å². The van der Waals surface area contributed by atoms with Crippen molar-refractivity contribution in [1.29, 1.82) is 0 Å². The summed E-state index contributed by atoms with van der Waals surface area (Å²) in [6.45, 7) is 1.30. The van der Waals surface area contributed by atoms with Crippen molar-refractivity contribution >= 4 is 34.0 Å². The standard InChI is InChI=1S/C17H18N4O3/c1-23-17(22)13-14-16(20-12-7-3-2-6-11(12)19-14)21(15(13)18)9-10-5-4-8-24-10/h2-3,6-7,10H,4-5,8-9,18H2,1H3. The Morgan fingerprint density at radius 1 is 1.38 bits per heavy atom. The molecule has 24 heavy (non-hydrogen) atoms. The van der Waals surface area contributed by atoms with Crippen LogP contribution in [0.4, 0.5) is 5.82 Å². The second-order valence-corrected chi connectivity index (χ2v) is 5.88. The average molecular weight is 326 g/mol. The highest BCUT2D eigenvalue weighted by Gasteiger charge is 2.27. The van der Waals surface area contributed by atoms with Crippen molar-refractivity contribution in [2.45, 2.75) is 25.5 Å². The molecule has 7 heteroatoms. The molecule has 0 saturated carbocycles. The molecule has 3 aromatic rings. The number of rotatable bonds is 3. The SMILES string of the molecule is COC(=O)c1c(N)n(CC2CCCO2)c2nc3ccccc3nc12.